The summed E-state index contributed by atoms with van der Waals surface area (Å²) < 4.78 is 5.73. The molecule has 0 aliphatic heterocycles. The minimum Gasteiger partial charge on any atom is -0.486 e. The Labute approximate surface area is 177 Å². The summed E-state index contributed by atoms with van der Waals surface area (Å²) in [6.45, 7) is 0.0175. The number of benzene rings is 1. The Morgan fingerprint density at radius 2 is 2.07 bits per heavy atom. The molecule has 2 aromatic heterocycles. The number of aromatic nitrogens is 3. The van der Waals surface area contributed by atoms with Crippen LogP contribution in [0.4, 0.5) is 0 Å². The number of aromatic amines is 1. The molecule has 0 saturated heterocycles. The molecule has 1 aliphatic rings. The zero-order valence-electron chi connectivity index (χ0n) is 16.3. The van der Waals surface area contributed by atoms with Crippen LogP contribution in [0.3, 0.4) is 0 Å². The molecule has 30 heavy (non-hydrogen) atoms. The molecule has 1 amide bonds. The van der Waals surface area contributed by atoms with Gasteiger partial charge in [-0.25, -0.2) is 4.98 Å². The van der Waals surface area contributed by atoms with E-state index < -0.39 is 5.66 Å². The van der Waals surface area contributed by atoms with Gasteiger partial charge in [0.25, 0.3) is 11.5 Å². The Morgan fingerprint density at radius 3 is 2.87 bits per heavy atom. The van der Waals surface area contributed by atoms with E-state index in [4.69, 9.17) is 22.1 Å². The monoisotopic (exact) mass is 427 g/mol. The highest BCUT2D eigenvalue weighted by atomic mass is 35.5. The second-order valence-corrected chi connectivity index (χ2v) is 7.91. The highest BCUT2D eigenvalue weighted by Gasteiger charge is 2.30. The fraction of sp³-hybridized carbons (Fsp3) is 0.333. The number of ether oxygens (including phenoxy) is 1. The predicted molar refractivity (Wildman–Crippen MR) is 113 cm³/mol. The maximum absolute atomic E-state index is 12.8. The predicted octanol–water partition coefficient (Wildman–Crippen LogP) is 2.90. The van der Waals surface area contributed by atoms with Crippen molar-refractivity contribution in [2.45, 2.75) is 44.4 Å². The normalized spacial score (nSPS) is 15.7. The lowest BCUT2D eigenvalue weighted by atomic mass is 9.89. The van der Waals surface area contributed by atoms with Gasteiger partial charge < -0.3 is 20.8 Å². The van der Waals surface area contributed by atoms with Gasteiger partial charge in [0.05, 0.1) is 33.3 Å². The Morgan fingerprint density at radius 1 is 1.27 bits per heavy atom. The van der Waals surface area contributed by atoms with Gasteiger partial charge in [-0.2, -0.15) is 0 Å². The molecule has 1 saturated carbocycles. The van der Waals surface area contributed by atoms with Crippen molar-refractivity contribution in [2.75, 3.05) is 0 Å². The fourth-order valence-corrected chi connectivity index (χ4v) is 3.83. The summed E-state index contributed by atoms with van der Waals surface area (Å²) in [5, 5.41) is 3.68. The van der Waals surface area contributed by atoms with Gasteiger partial charge in [0, 0.05) is 6.20 Å². The Hall–Kier alpha value is -2.97. The molecule has 156 valence electrons. The Balaban J connectivity index is 1.49. The summed E-state index contributed by atoms with van der Waals surface area (Å²) in [6.07, 6.45) is 7.63. The first-order chi connectivity index (χ1) is 14.4. The minimum atomic E-state index is -0.710. The van der Waals surface area contributed by atoms with Gasteiger partial charge in [0.1, 0.15) is 18.2 Å². The molecule has 0 spiro atoms. The maximum Gasteiger partial charge on any atom is 0.258 e. The molecule has 4 rings (SSSR count). The second kappa shape index (κ2) is 8.41. The maximum atomic E-state index is 12.8. The van der Waals surface area contributed by atoms with Crippen molar-refractivity contribution < 1.29 is 9.53 Å². The van der Waals surface area contributed by atoms with Gasteiger partial charge in [-0.05, 0) is 49.9 Å². The number of nitrogens with one attached hydrogen (secondary N) is 2. The lowest BCUT2D eigenvalue weighted by molar-refractivity contribution is 0.0873. The molecule has 1 aliphatic carbocycles. The van der Waals surface area contributed by atoms with Gasteiger partial charge >= 0.3 is 0 Å². The van der Waals surface area contributed by atoms with E-state index in [1.54, 1.807) is 24.3 Å². The molecule has 2 heterocycles. The summed E-state index contributed by atoms with van der Waals surface area (Å²) in [7, 11) is 0. The molecule has 4 N–H and O–H groups in total. The number of amides is 1. The number of pyridine rings is 1. The van der Waals surface area contributed by atoms with Crippen molar-refractivity contribution in [1.29, 1.82) is 0 Å². The van der Waals surface area contributed by atoms with Crippen LogP contribution in [0.15, 0.2) is 41.5 Å². The summed E-state index contributed by atoms with van der Waals surface area (Å²) in [4.78, 5) is 35.9. The van der Waals surface area contributed by atoms with E-state index >= 15 is 0 Å². The summed E-state index contributed by atoms with van der Waals surface area (Å²) in [5.74, 6) is 0.441. The Bertz CT molecular complexity index is 1140. The van der Waals surface area contributed by atoms with Crippen LogP contribution in [-0.2, 0) is 6.61 Å². The quantitative estimate of drug-likeness (QED) is 0.538. The highest BCUT2D eigenvalue weighted by molar-refractivity contribution is 6.33. The third kappa shape index (κ3) is 4.44. The number of hydrogen-bond acceptors (Lipinski definition) is 6. The van der Waals surface area contributed by atoms with Crippen molar-refractivity contribution in [2.24, 2.45) is 5.73 Å². The number of rotatable bonds is 5. The van der Waals surface area contributed by atoms with Crippen LogP contribution in [0.2, 0.25) is 5.02 Å². The van der Waals surface area contributed by atoms with Crippen molar-refractivity contribution in [3.8, 4) is 5.75 Å². The molecule has 1 fully saturated rings. The number of carbonyl (C=O) groups is 1. The standard InChI is InChI=1S/C21H22ClN5O3/c22-16-5-4-13(10-15(16)20(29)27-21(23)7-2-1-3-8-21)30-12-18-25-17-11-24-9-6-14(17)19(28)26-18/h4-6,9-11H,1-3,7-8,12,23H2,(H,27,29)(H,25,26,28). The van der Waals surface area contributed by atoms with E-state index in [0.717, 1.165) is 32.1 Å². The molecular weight excluding hydrogens is 406 g/mol. The number of H-pyrrole nitrogens is 1. The largest absolute Gasteiger partial charge is 0.486 e. The molecule has 1 aromatic carbocycles. The van der Waals surface area contributed by atoms with Crippen LogP contribution >= 0.6 is 11.6 Å². The van der Waals surface area contributed by atoms with E-state index in [2.05, 4.69) is 20.3 Å². The third-order valence-corrected chi connectivity index (χ3v) is 5.55. The number of fused-ring (bicyclic) bond motifs is 1. The van der Waals surface area contributed by atoms with E-state index in [-0.39, 0.29) is 23.6 Å². The topological polar surface area (TPSA) is 123 Å². The van der Waals surface area contributed by atoms with Crippen LogP contribution < -0.4 is 21.3 Å². The number of nitrogens with two attached hydrogens (primary N) is 1. The molecular formula is C21H22ClN5O3. The molecule has 8 nitrogen and oxygen atoms in total. The minimum absolute atomic E-state index is 0.0175. The van der Waals surface area contributed by atoms with Crippen LogP contribution in [-0.4, -0.2) is 26.5 Å². The van der Waals surface area contributed by atoms with Gasteiger partial charge in [-0.15, -0.1) is 0 Å². The van der Waals surface area contributed by atoms with Crippen LogP contribution in [0.5, 0.6) is 5.75 Å². The average molecular weight is 428 g/mol. The zero-order chi connectivity index (χ0) is 21.1. The molecule has 0 radical (unpaired) electrons. The van der Waals surface area contributed by atoms with E-state index in [0.29, 0.717) is 27.5 Å². The van der Waals surface area contributed by atoms with Crippen LogP contribution in [0.25, 0.3) is 10.9 Å². The highest BCUT2D eigenvalue weighted by Crippen LogP contribution is 2.26. The van der Waals surface area contributed by atoms with Crippen molar-refractivity contribution >= 4 is 28.4 Å². The van der Waals surface area contributed by atoms with Crippen molar-refractivity contribution in [3.05, 3.63) is 63.4 Å². The van der Waals surface area contributed by atoms with Gasteiger partial charge in [0.15, 0.2) is 0 Å². The smallest absolute Gasteiger partial charge is 0.258 e. The summed E-state index contributed by atoms with van der Waals surface area (Å²) in [5.41, 5.74) is 6.12. The molecule has 9 heteroatoms. The van der Waals surface area contributed by atoms with Crippen molar-refractivity contribution in [3.63, 3.8) is 0 Å². The first kappa shape index (κ1) is 20.3. The fourth-order valence-electron chi connectivity index (χ4n) is 3.63. The number of carbonyl (C=O) groups excluding carboxylic acids is 1. The number of nitrogens with zero attached hydrogens (tertiary/aromatic N) is 2. The first-order valence-electron chi connectivity index (χ1n) is 9.80. The lowest BCUT2D eigenvalue weighted by Gasteiger charge is -2.34. The Kier molecular flexibility index (Phi) is 5.69. The summed E-state index contributed by atoms with van der Waals surface area (Å²) in [6, 6.07) is 6.41. The molecule has 0 unspecified atom stereocenters. The van der Waals surface area contributed by atoms with Crippen LogP contribution in [0, 0.1) is 0 Å². The zero-order valence-corrected chi connectivity index (χ0v) is 17.0. The molecule has 0 bridgehead atoms. The number of hydrogen-bond donors (Lipinski definition) is 3. The van der Waals surface area contributed by atoms with Crippen LogP contribution in [0.1, 0.15) is 48.3 Å². The number of halogens is 1. The SMILES string of the molecule is NC1(NC(=O)c2cc(OCc3nc4cnccc4c(=O)[nH]3)ccc2Cl)CCCCC1. The van der Waals surface area contributed by atoms with Crippen molar-refractivity contribution in [1.82, 2.24) is 20.3 Å². The second-order valence-electron chi connectivity index (χ2n) is 7.51. The first-order valence-corrected chi connectivity index (χ1v) is 10.2. The lowest BCUT2D eigenvalue weighted by Crippen LogP contribution is -2.56. The van der Waals surface area contributed by atoms with Gasteiger partial charge in [-0.3, -0.25) is 14.6 Å². The third-order valence-electron chi connectivity index (χ3n) is 5.22. The summed E-state index contributed by atoms with van der Waals surface area (Å²) >= 11 is 6.23. The van der Waals surface area contributed by atoms with Gasteiger partial charge in [-0.1, -0.05) is 18.0 Å². The average Bonchev–Trinajstić information content (AvgIpc) is 2.73. The van der Waals surface area contributed by atoms with E-state index in [1.165, 1.54) is 12.4 Å². The molecule has 3 aromatic rings. The van der Waals surface area contributed by atoms with E-state index in [9.17, 15) is 9.59 Å². The van der Waals surface area contributed by atoms with E-state index in [1.807, 2.05) is 0 Å². The molecule has 0 atom stereocenters. The van der Waals surface area contributed by atoms with Gasteiger partial charge in [0.2, 0.25) is 0 Å².